The number of nitrogens with one attached hydrogen (secondary N) is 2. The fourth-order valence-electron chi connectivity index (χ4n) is 2.60. The number of carbonyl (C=O) groups excluding carboxylic acids is 1. The number of carbonyl (C=O) groups is 1. The van der Waals surface area contributed by atoms with E-state index in [1.54, 1.807) is 24.3 Å². The molecule has 1 aliphatic rings. The number of hydrogen-bond donors (Lipinski definition) is 2. The molecule has 0 radical (unpaired) electrons. The predicted molar refractivity (Wildman–Crippen MR) is 88.6 cm³/mol. The summed E-state index contributed by atoms with van der Waals surface area (Å²) in [5.74, 6) is 0.0279. The van der Waals surface area contributed by atoms with E-state index in [9.17, 15) is 18.0 Å². The fraction of sp³-hybridized carbons (Fsp3) is 0.375. The molecular formula is C16H18ClF3N4O. The molecule has 5 nitrogen and oxygen atoms in total. The molecule has 0 saturated carbocycles. The van der Waals surface area contributed by atoms with E-state index in [1.807, 2.05) is 0 Å². The van der Waals surface area contributed by atoms with Crippen LogP contribution in [0.25, 0.3) is 5.69 Å². The van der Waals surface area contributed by atoms with Crippen molar-refractivity contribution in [2.75, 3.05) is 13.1 Å². The molecule has 1 aromatic heterocycles. The Labute approximate surface area is 149 Å². The van der Waals surface area contributed by atoms with Gasteiger partial charge in [0.15, 0.2) is 5.69 Å². The minimum atomic E-state index is -4.45. The van der Waals surface area contributed by atoms with Crippen LogP contribution in [-0.4, -0.2) is 28.8 Å². The van der Waals surface area contributed by atoms with Gasteiger partial charge in [-0.3, -0.25) is 4.79 Å². The van der Waals surface area contributed by atoms with Crippen LogP contribution in [-0.2, 0) is 17.5 Å². The first kappa shape index (κ1) is 19.3. The van der Waals surface area contributed by atoms with E-state index in [2.05, 4.69) is 15.7 Å². The topological polar surface area (TPSA) is 59.0 Å². The molecule has 2 heterocycles. The van der Waals surface area contributed by atoms with E-state index in [1.165, 1.54) is 10.9 Å². The molecule has 1 aromatic carbocycles. The lowest BCUT2D eigenvalue weighted by Gasteiger charge is -2.10. The average Bonchev–Trinajstić information content (AvgIpc) is 3.23. The second kappa shape index (κ2) is 7.88. The minimum Gasteiger partial charge on any atom is -0.352 e. The van der Waals surface area contributed by atoms with E-state index < -0.39 is 11.9 Å². The second-order valence-electron chi connectivity index (χ2n) is 5.72. The molecule has 2 aromatic rings. The molecule has 25 heavy (non-hydrogen) atoms. The van der Waals surface area contributed by atoms with Crippen LogP contribution in [0.3, 0.4) is 0 Å². The molecule has 2 N–H and O–H groups in total. The molecule has 1 atom stereocenters. The van der Waals surface area contributed by atoms with Crippen molar-refractivity contribution >= 4 is 18.3 Å². The van der Waals surface area contributed by atoms with Gasteiger partial charge in [-0.2, -0.15) is 18.3 Å². The maximum atomic E-state index is 12.6. The Morgan fingerprint density at radius 1 is 1.28 bits per heavy atom. The lowest BCUT2D eigenvalue weighted by atomic mass is 10.1. The van der Waals surface area contributed by atoms with Gasteiger partial charge in [-0.15, -0.1) is 12.4 Å². The van der Waals surface area contributed by atoms with Gasteiger partial charge in [0.1, 0.15) is 0 Å². The summed E-state index contributed by atoms with van der Waals surface area (Å²) in [5, 5.41) is 9.54. The Hall–Kier alpha value is -2.06. The number of rotatable bonds is 4. The predicted octanol–water partition coefficient (Wildman–Crippen LogP) is 2.54. The summed E-state index contributed by atoms with van der Waals surface area (Å²) in [6.07, 6.45) is -2.34. The zero-order valence-electron chi connectivity index (χ0n) is 13.2. The number of aromatic nitrogens is 2. The van der Waals surface area contributed by atoms with Crippen molar-refractivity contribution < 1.29 is 18.0 Å². The highest BCUT2D eigenvalue weighted by Gasteiger charge is 2.33. The molecule has 0 spiro atoms. The fourth-order valence-corrected chi connectivity index (χ4v) is 2.60. The van der Waals surface area contributed by atoms with Crippen LogP contribution in [0.15, 0.2) is 36.5 Å². The highest BCUT2D eigenvalue weighted by Crippen LogP contribution is 2.27. The summed E-state index contributed by atoms with van der Waals surface area (Å²) in [5.41, 5.74) is 0.478. The number of halogens is 4. The Morgan fingerprint density at radius 2 is 2.00 bits per heavy atom. The van der Waals surface area contributed by atoms with Crippen molar-refractivity contribution in [2.45, 2.75) is 19.1 Å². The van der Waals surface area contributed by atoms with Gasteiger partial charge < -0.3 is 10.6 Å². The van der Waals surface area contributed by atoms with Gasteiger partial charge in [0.2, 0.25) is 5.91 Å². The van der Waals surface area contributed by atoms with Crippen LogP contribution in [0.4, 0.5) is 13.2 Å². The summed E-state index contributed by atoms with van der Waals surface area (Å²) < 4.78 is 38.9. The number of nitrogens with zero attached hydrogens (tertiary/aromatic N) is 2. The molecule has 3 rings (SSSR count). The van der Waals surface area contributed by atoms with Gasteiger partial charge in [-0.05, 0) is 36.7 Å². The van der Waals surface area contributed by atoms with Gasteiger partial charge in [-0.25, -0.2) is 4.68 Å². The van der Waals surface area contributed by atoms with Gasteiger partial charge in [0.25, 0.3) is 0 Å². The van der Waals surface area contributed by atoms with E-state index >= 15 is 0 Å². The molecule has 1 aliphatic heterocycles. The zero-order valence-corrected chi connectivity index (χ0v) is 14.0. The molecule has 1 fully saturated rings. The molecule has 1 unspecified atom stereocenters. The summed E-state index contributed by atoms with van der Waals surface area (Å²) in [6.45, 7) is 1.95. The largest absolute Gasteiger partial charge is 0.435 e. The van der Waals surface area contributed by atoms with Crippen molar-refractivity contribution in [2.24, 2.45) is 5.92 Å². The van der Waals surface area contributed by atoms with Crippen LogP contribution in [0.1, 0.15) is 17.7 Å². The van der Waals surface area contributed by atoms with E-state index in [0.717, 1.165) is 24.6 Å². The van der Waals surface area contributed by atoms with Gasteiger partial charge in [0.05, 0.1) is 11.6 Å². The molecule has 0 aliphatic carbocycles. The highest BCUT2D eigenvalue weighted by atomic mass is 35.5. The van der Waals surface area contributed by atoms with Gasteiger partial charge in [0, 0.05) is 19.3 Å². The second-order valence-corrected chi connectivity index (χ2v) is 5.72. The third-order valence-corrected chi connectivity index (χ3v) is 3.98. The first-order valence-corrected chi connectivity index (χ1v) is 7.64. The van der Waals surface area contributed by atoms with E-state index in [0.29, 0.717) is 18.8 Å². The van der Waals surface area contributed by atoms with Crippen LogP contribution in [0, 0.1) is 5.92 Å². The van der Waals surface area contributed by atoms with Crippen molar-refractivity contribution in [3.63, 3.8) is 0 Å². The maximum Gasteiger partial charge on any atom is 0.435 e. The normalized spacial score (nSPS) is 17.2. The lowest BCUT2D eigenvalue weighted by Crippen LogP contribution is -2.31. The molecule has 1 amide bonds. The summed E-state index contributed by atoms with van der Waals surface area (Å²) >= 11 is 0. The Bertz CT molecular complexity index is 709. The van der Waals surface area contributed by atoms with E-state index in [-0.39, 0.29) is 24.2 Å². The Balaban J connectivity index is 0.00000225. The number of benzene rings is 1. The minimum absolute atomic E-state index is 0. The Kier molecular flexibility index (Phi) is 6.07. The van der Waals surface area contributed by atoms with Crippen molar-refractivity contribution in [1.29, 1.82) is 0 Å². The molecule has 9 heteroatoms. The van der Waals surface area contributed by atoms with Gasteiger partial charge >= 0.3 is 6.18 Å². The zero-order chi connectivity index (χ0) is 17.2. The summed E-state index contributed by atoms with van der Waals surface area (Å²) in [6, 6.07) is 7.80. The SMILES string of the molecule is Cl.O=C(NCc1ccc(-n2ccc(C(F)(F)F)n2)cc1)C1CCNC1. The van der Waals surface area contributed by atoms with E-state index in [4.69, 9.17) is 0 Å². The Morgan fingerprint density at radius 3 is 2.56 bits per heavy atom. The number of hydrogen-bond acceptors (Lipinski definition) is 3. The van der Waals surface area contributed by atoms with Gasteiger partial charge in [-0.1, -0.05) is 12.1 Å². The molecule has 136 valence electrons. The smallest absolute Gasteiger partial charge is 0.352 e. The standard InChI is InChI=1S/C16H17F3N4O.ClH/c17-16(18,19)14-6-8-23(22-14)13-3-1-11(2-4-13)9-21-15(24)12-5-7-20-10-12;/h1-4,6,8,12,20H,5,7,9-10H2,(H,21,24);1H. The third-order valence-electron chi connectivity index (χ3n) is 3.98. The van der Waals surface area contributed by atoms with Crippen molar-refractivity contribution in [3.8, 4) is 5.69 Å². The van der Waals surface area contributed by atoms with Crippen molar-refractivity contribution in [3.05, 3.63) is 47.8 Å². The average molecular weight is 375 g/mol. The first-order chi connectivity index (χ1) is 11.4. The van der Waals surface area contributed by atoms with Crippen molar-refractivity contribution in [1.82, 2.24) is 20.4 Å². The van der Waals surface area contributed by atoms with Crippen LogP contribution in [0.2, 0.25) is 0 Å². The van der Waals surface area contributed by atoms with Crippen LogP contribution < -0.4 is 10.6 Å². The van der Waals surface area contributed by atoms with Crippen LogP contribution >= 0.6 is 12.4 Å². The molecular weight excluding hydrogens is 357 g/mol. The van der Waals surface area contributed by atoms with Crippen LogP contribution in [0.5, 0.6) is 0 Å². The lowest BCUT2D eigenvalue weighted by molar-refractivity contribution is -0.141. The maximum absolute atomic E-state index is 12.6. The molecule has 1 saturated heterocycles. The number of amides is 1. The summed E-state index contributed by atoms with van der Waals surface area (Å²) in [4.78, 5) is 11.9. The third kappa shape index (κ3) is 4.73. The first-order valence-electron chi connectivity index (χ1n) is 7.64. The summed E-state index contributed by atoms with van der Waals surface area (Å²) in [7, 11) is 0. The quantitative estimate of drug-likeness (QED) is 0.864. The highest BCUT2D eigenvalue weighted by molar-refractivity contribution is 5.85. The number of alkyl halides is 3. The molecule has 0 bridgehead atoms. The monoisotopic (exact) mass is 374 g/mol.